The predicted molar refractivity (Wildman–Crippen MR) is 124 cm³/mol. The van der Waals surface area contributed by atoms with Crippen LogP contribution in [0.4, 0.5) is 10.2 Å². The molecule has 3 aromatic heterocycles. The fourth-order valence-corrected chi connectivity index (χ4v) is 4.77. The summed E-state index contributed by atoms with van der Waals surface area (Å²) in [5, 5.41) is 3.16. The molecule has 4 nitrogen and oxygen atoms in total. The first kappa shape index (κ1) is 21.1. The molecule has 0 unspecified atom stereocenters. The molecular formula is C22H21Cl2FN4S. The Balaban J connectivity index is 1.86. The van der Waals surface area contributed by atoms with Crippen LogP contribution in [0.1, 0.15) is 23.9 Å². The van der Waals surface area contributed by atoms with Crippen molar-refractivity contribution < 1.29 is 4.39 Å². The van der Waals surface area contributed by atoms with Gasteiger partial charge in [-0.25, -0.2) is 4.98 Å². The molecule has 4 aromatic rings. The van der Waals surface area contributed by atoms with Crippen molar-refractivity contribution in [1.82, 2.24) is 14.4 Å². The number of hydrogen-bond acceptors (Lipinski definition) is 4. The second kappa shape index (κ2) is 9.33. The Kier molecular flexibility index (Phi) is 6.56. The highest BCUT2D eigenvalue weighted by Gasteiger charge is 2.21. The number of imidazole rings is 1. The first-order valence-corrected chi connectivity index (χ1v) is 11.4. The van der Waals surface area contributed by atoms with E-state index in [0.29, 0.717) is 35.2 Å². The highest BCUT2D eigenvalue weighted by Crippen LogP contribution is 2.34. The second-order valence-corrected chi connectivity index (χ2v) is 8.75. The normalized spacial score (nSPS) is 11.3. The zero-order chi connectivity index (χ0) is 21.1. The van der Waals surface area contributed by atoms with Crippen molar-refractivity contribution in [3.63, 3.8) is 0 Å². The number of benzene rings is 1. The lowest BCUT2D eigenvalue weighted by molar-refractivity contribution is 0.470. The van der Waals surface area contributed by atoms with Crippen molar-refractivity contribution in [2.24, 2.45) is 0 Å². The summed E-state index contributed by atoms with van der Waals surface area (Å²) in [6.45, 7) is 3.03. The molecule has 0 saturated heterocycles. The minimum atomic E-state index is -0.355. The van der Waals surface area contributed by atoms with Crippen LogP contribution in [0, 0.1) is 0 Å². The number of alkyl halides is 1. The fourth-order valence-electron chi connectivity index (χ4n) is 3.56. The Morgan fingerprint density at radius 3 is 2.80 bits per heavy atom. The van der Waals surface area contributed by atoms with E-state index in [1.165, 1.54) is 4.88 Å². The number of nitrogens with zero attached hydrogens (tertiary/aromatic N) is 4. The van der Waals surface area contributed by atoms with Gasteiger partial charge >= 0.3 is 0 Å². The number of fused-ring (bicyclic) bond motifs is 1. The molecule has 0 spiro atoms. The maximum Gasteiger partial charge on any atom is 0.165 e. The molecule has 0 N–H and O–H groups in total. The van der Waals surface area contributed by atoms with Crippen molar-refractivity contribution in [1.29, 1.82) is 0 Å². The van der Waals surface area contributed by atoms with Gasteiger partial charge in [0.25, 0.3) is 0 Å². The zero-order valence-corrected chi connectivity index (χ0v) is 18.8. The molecule has 0 aliphatic heterocycles. The van der Waals surface area contributed by atoms with Crippen molar-refractivity contribution in [3.05, 3.63) is 68.7 Å². The summed E-state index contributed by atoms with van der Waals surface area (Å²) in [5.74, 6) is 0.975. The molecule has 4 rings (SSSR count). The largest absolute Gasteiger partial charge is 0.351 e. The van der Waals surface area contributed by atoms with Crippen LogP contribution < -0.4 is 4.90 Å². The molecule has 0 saturated carbocycles. The van der Waals surface area contributed by atoms with Gasteiger partial charge in [0.2, 0.25) is 0 Å². The number of halogens is 3. The van der Waals surface area contributed by atoms with E-state index in [1.807, 2.05) is 22.7 Å². The Labute approximate surface area is 188 Å². The molecular weight excluding hydrogens is 442 g/mol. The molecule has 0 atom stereocenters. The summed E-state index contributed by atoms with van der Waals surface area (Å²) in [6.07, 6.45) is 4.86. The van der Waals surface area contributed by atoms with E-state index in [0.717, 1.165) is 29.1 Å². The second-order valence-electron chi connectivity index (χ2n) is 6.87. The van der Waals surface area contributed by atoms with E-state index < -0.39 is 0 Å². The number of hydrogen-bond donors (Lipinski definition) is 0. The third kappa shape index (κ3) is 4.17. The quantitative estimate of drug-likeness (QED) is 0.292. The minimum Gasteiger partial charge on any atom is -0.351 e. The van der Waals surface area contributed by atoms with Crippen LogP contribution in [0.2, 0.25) is 10.0 Å². The van der Waals surface area contributed by atoms with Gasteiger partial charge in [-0.1, -0.05) is 36.2 Å². The van der Waals surface area contributed by atoms with Gasteiger partial charge in [-0.2, -0.15) is 0 Å². The Morgan fingerprint density at radius 1 is 1.23 bits per heavy atom. The number of thiophene rings is 1. The minimum absolute atomic E-state index is 0.355. The molecule has 30 heavy (non-hydrogen) atoms. The monoisotopic (exact) mass is 462 g/mol. The van der Waals surface area contributed by atoms with Gasteiger partial charge in [0, 0.05) is 34.4 Å². The number of aryl methyl sites for hydroxylation is 1. The topological polar surface area (TPSA) is 33.4 Å². The van der Waals surface area contributed by atoms with Gasteiger partial charge in [-0.15, -0.1) is 11.3 Å². The lowest BCUT2D eigenvalue weighted by Crippen LogP contribution is -2.26. The van der Waals surface area contributed by atoms with Gasteiger partial charge in [-0.3, -0.25) is 13.8 Å². The third-order valence-electron chi connectivity index (χ3n) is 4.90. The summed E-state index contributed by atoms with van der Waals surface area (Å²) in [6, 6.07) is 9.50. The molecule has 0 aliphatic carbocycles. The van der Waals surface area contributed by atoms with E-state index in [9.17, 15) is 4.39 Å². The molecule has 156 valence electrons. The highest BCUT2D eigenvalue weighted by molar-refractivity contribution is 7.09. The molecule has 8 heteroatoms. The van der Waals surface area contributed by atoms with E-state index >= 15 is 0 Å². The summed E-state index contributed by atoms with van der Waals surface area (Å²) in [4.78, 5) is 12.9. The number of anilines is 1. The van der Waals surface area contributed by atoms with Gasteiger partial charge in [0.15, 0.2) is 5.65 Å². The summed E-state index contributed by atoms with van der Waals surface area (Å²) in [5.41, 5.74) is 3.15. The molecule has 0 radical (unpaired) electrons. The van der Waals surface area contributed by atoms with Crippen molar-refractivity contribution in [3.8, 4) is 11.3 Å². The van der Waals surface area contributed by atoms with Crippen LogP contribution in [0.5, 0.6) is 0 Å². The maximum absolute atomic E-state index is 13.1. The van der Waals surface area contributed by atoms with Gasteiger partial charge < -0.3 is 4.90 Å². The van der Waals surface area contributed by atoms with Gasteiger partial charge in [0.05, 0.1) is 23.9 Å². The number of aromatic nitrogens is 3. The van der Waals surface area contributed by atoms with E-state index in [1.54, 1.807) is 29.7 Å². The Morgan fingerprint density at radius 2 is 2.10 bits per heavy atom. The molecule has 0 amide bonds. The highest BCUT2D eigenvalue weighted by atomic mass is 35.5. The predicted octanol–water partition coefficient (Wildman–Crippen LogP) is 6.69. The van der Waals surface area contributed by atoms with Crippen LogP contribution in [0.25, 0.3) is 16.9 Å². The maximum atomic E-state index is 13.1. The van der Waals surface area contributed by atoms with Crippen molar-refractivity contribution in [2.45, 2.75) is 26.3 Å². The Hall–Kier alpha value is -2.15. The Bertz CT molecular complexity index is 1140. The summed E-state index contributed by atoms with van der Waals surface area (Å²) >= 11 is 14.2. The first-order valence-electron chi connectivity index (χ1n) is 9.77. The van der Waals surface area contributed by atoms with Crippen LogP contribution in [0.15, 0.2) is 48.1 Å². The van der Waals surface area contributed by atoms with Crippen LogP contribution in [-0.2, 0) is 13.0 Å². The van der Waals surface area contributed by atoms with Crippen LogP contribution in [0.3, 0.4) is 0 Å². The molecule has 3 heterocycles. The van der Waals surface area contributed by atoms with E-state index in [4.69, 9.17) is 28.2 Å². The lowest BCUT2D eigenvalue weighted by Gasteiger charge is -2.24. The van der Waals surface area contributed by atoms with Crippen LogP contribution in [-0.4, -0.2) is 27.6 Å². The lowest BCUT2D eigenvalue weighted by atomic mass is 10.1. The summed E-state index contributed by atoms with van der Waals surface area (Å²) < 4.78 is 15.1. The molecule has 0 aliphatic rings. The third-order valence-corrected chi connectivity index (χ3v) is 6.30. The molecule has 0 fully saturated rings. The standard InChI is InChI=1S/C22H21Cl2FN4S/c1-2-19-22(28(10-4-8-25)14-16-5-3-12-30-16)29-11-9-26-20(21(29)27-19)17-7-6-15(23)13-18(17)24/h3,5-7,9,11-13H,2,4,8,10,14H2,1H3. The fraction of sp³-hybridized carbons (Fsp3) is 0.273. The van der Waals surface area contributed by atoms with E-state index in [-0.39, 0.29) is 6.67 Å². The van der Waals surface area contributed by atoms with Gasteiger partial charge in [-0.05, 0) is 42.5 Å². The average molecular weight is 463 g/mol. The SMILES string of the molecule is CCc1nc2c(-c3ccc(Cl)cc3Cl)nccn2c1N(CCCF)Cc1cccs1. The first-order chi connectivity index (χ1) is 14.6. The zero-order valence-electron chi connectivity index (χ0n) is 16.5. The van der Waals surface area contributed by atoms with Crippen LogP contribution >= 0.6 is 34.5 Å². The number of rotatable bonds is 8. The average Bonchev–Trinajstić information content (AvgIpc) is 3.38. The smallest absolute Gasteiger partial charge is 0.165 e. The van der Waals surface area contributed by atoms with Crippen molar-refractivity contribution in [2.75, 3.05) is 18.1 Å². The summed E-state index contributed by atoms with van der Waals surface area (Å²) in [7, 11) is 0. The van der Waals surface area contributed by atoms with E-state index in [2.05, 4.69) is 28.3 Å². The van der Waals surface area contributed by atoms with Crippen molar-refractivity contribution >= 4 is 46.0 Å². The molecule has 1 aromatic carbocycles. The van der Waals surface area contributed by atoms with Gasteiger partial charge in [0.1, 0.15) is 11.5 Å². The molecule has 0 bridgehead atoms.